The predicted molar refractivity (Wildman–Crippen MR) is 108 cm³/mol. The van der Waals surface area contributed by atoms with Crippen molar-refractivity contribution in [3.8, 4) is 0 Å². The van der Waals surface area contributed by atoms with E-state index in [4.69, 9.17) is 4.52 Å². The molecule has 29 heavy (non-hydrogen) atoms. The van der Waals surface area contributed by atoms with E-state index in [2.05, 4.69) is 15.5 Å². The van der Waals surface area contributed by atoms with Crippen LogP contribution in [0, 0.1) is 6.92 Å². The van der Waals surface area contributed by atoms with E-state index < -0.39 is 9.84 Å². The molecule has 1 aromatic heterocycles. The van der Waals surface area contributed by atoms with Crippen molar-refractivity contribution < 1.29 is 17.7 Å². The molecule has 1 amide bonds. The number of aromatic nitrogens is 2. The second kappa shape index (κ2) is 9.47. The Morgan fingerprint density at radius 3 is 2.48 bits per heavy atom. The molecular weight excluding hydrogens is 390 g/mol. The number of hydrogen-bond acceptors (Lipinski definition) is 6. The van der Waals surface area contributed by atoms with Crippen LogP contribution in [0.25, 0.3) is 0 Å². The molecule has 8 heteroatoms. The smallest absolute Gasteiger partial charge is 0.227 e. The number of aryl methyl sites for hydroxylation is 2. The van der Waals surface area contributed by atoms with Gasteiger partial charge in [0.05, 0.1) is 4.90 Å². The summed E-state index contributed by atoms with van der Waals surface area (Å²) < 4.78 is 29.8. The molecule has 0 saturated carbocycles. The Balaban J connectivity index is 1.44. The summed E-state index contributed by atoms with van der Waals surface area (Å²) in [5.74, 6) is -0.127. The Hall–Kier alpha value is -3.00. The van der Waals surface area contributed by atoms with Crippen molar-refractivity contribution in [1.29, 1.82) is 0 Å². The van der Waals surface area contributed by atoms with Crippen molar-refractivity contribution in [2.75, 3.05) is 6.54 Å². The lowest BCUT2D eigenvalue weighted by molar-refractivity contribution is -0.121. The molecule has 3 aromatic rings. The van der Waals surface area contributed by atoms with Gasteiger partial charge in [0.15, 0.2) is 15.7 Å². The van der Waals surface area contributed by atoms with E-state index in [1.165, 1.54) is 17.7 Å². The summed E-state index contributed by atoms with van der Waals surface area (Å²) >= 11 is 0. The Kier molecular flexibility index (Phi) is 6.77. The van der Waals surface area contributed by atoms with E-state index in [1.807, 2.05) is 31.2 Å². The van der Waals surface area contributed by atoms with Crippen LogP contribution in [0.3, 0.4) is 0 Å². The van der Waals surface area contributed by atoms with Gasteiger partial charge in [-0.2, -0.15) is 4.98 Å². The number of carbonyl (C=O) groups excluding carboxylic acids is 1. The number of hydrogen-bond donors (Lipinski definition) is 1. The Morgan fingerprint density at radius 1 is 1.03 bits per heavy atom. The number of nitrogens with one attached hydrogen (secondary N) is 1. The monoisotopic (exact) mass is 413 g/mol. The third-order valence-corrected chi connectivity index (χ3v) is 5.98. The second-order valence-electron chi connectivity index (χ2n) is 6.76. The van der Waals surface area contributed by atoms with Crippen molar-refractivity contribution in [2.45, 2.75) is 36.8 Å². The quantitative estimate of drug-likeness (QED) is 0.579. The minimum absolute atomic E-state index is 0.0867. The van der Waals surface area contributed by atoms with E-state index in [0.29, 0.717) is 6.54 Å². The molecule has 0 spiro atoms. The van der Waals surface area contributed by atoms with E-state index in [1.54, 1.807) is 18.2 Å². The van der Waals surface area contributed by atoms with Gasteiger partial charge in [-0.1, -0.05) is 53.2 Å². The first-order chi connectivity index (χ1) is 13.9. The largest absolute Gasteiger partial charge is 0.356 e. The Bertz CT molecular complexity index is 1050. The van der Waals surface area contributed by atoms with Crippen LogP contribution >= 0.6 is 0 Å². The normalized spacial score (nSPS) is 11.3. The molecule has 0 unspecified atom stereocenters. The fraction of sp³-hybridized carbons (Fsp3) is 0.286. The average molecular weight is 413 g/mol. The van der Waals surface area contributed by atoms with Gasteiger partial charge in [0, 0.05) is 19.4 Å². The summed E-state index contributed by atoms with van der Waals surface area (Å²) in [6.07, 6.45) is 1.21. The number of carbonyl (C=O) groups is 1. The molecule has 0 radical (unpaired) electrons. The second-order valence-corrected chi connectivity index (χ2v) is 8.75. The number of sulfone groups is 1. The number of amides is 1. The molecule has 0 fully saturated rings. The van der Waals surface area contributed by atoms with Crippen LogP contribution in [-0.2, 0) is 33.2 Å². The lowest BCUT2D eigenvalue weighted by atomic mass is 10.1. The van der Waals surface area contributed by atoms with Crippen LogP contribution in [0.2, 0.25) is 0 Å². The summed E-state index contributed by atoms with van der Waals surface area (Å²) in [4.78, 5) is 16.3. The van der Waals surface area contributed by atoms with Crippen LogP contribution in [0.4, 0.5) is 0 Å². The van der Waals surface area contributed by atoms with Crippen LogP contribution < -0.4 is 5.32 Å². The molecule has 152 valence electrons. The third-order valence-electron chi connectivity index (χ3n) is 4.35. The van der Waals surface area contributed by atoms with Gasteiger partial charge in [0.1, 0.15) is 5.75 Å². The summed E-state index contributed by atoms with van der Waals surface area (Å²) in [7, 11) is -3.54. The van der Waals surface area contributed by atoms with Gasteiger partial charge in [-0.15, -0.1) is 0 Å². The Labute approximate surface area is 170 Å². The Morgan fingerprint density at radius 2 is 1.76 bits per heavy atom. The molecule has 0 atom stereocenters. The SMILES string of the molecule is Cc1ccc(CCNC(=O)CCc2nc(CS(=O)(=O)c3ccccc3)no2)cc1. The number of benzene rings is 2. The maximum Gasteiger partial charge on any atom is 0.227 e. The zero-order valence-corrected chi connectivity index (χ0v) is 17.0. The third kappa shape index (κ3) is 6.25. The fourth-order valence-corrected chi connectivity index (χ4v) is 3.94. The number of rotatable bonds is 9. The highest BCUT2D eigenvalue weighted by Crippen LogP contribution is 2.14. The van der Waals surface area contributed by atoms with Gasteiger partial charge < -0.3 is 9.84 Å². The van der Waals surface area contributed by atoms with Crippen LogP contribution in [0.1, 0.15) is 29.3 Å². The van der Waals surface area contributed by atoms with Crippen LogP contribution in [0.15, 0.2) is 64.0 Å². The summed E-state index contributed by atoms with van der Waals surface area (Å²) in [5.41, 5.74) is 2.37. The molecule has 0 bridgehead atoms. The topological polar surface area (TPSA) is 102 Å². The molecule has 0 saturated heterocycles. The van der Waals surface area contributed by atoms with Crippen LogP contribution in [-0.4, -0.2) is 31.0 Å². The van der Waals surface area contributed by atoms with Crippen molar-refractivity contribution in [3.63, 3.8) is 0 Å². The van der Waals surface area contributed by atoms with Gasteiger partial charge >= 0.3 is 0 Å². The predicted octanol–water partition coefficient (Wildman–Crippen LogP) is 2.64. The highest BCUT2D eigenvalue weighted by molar-refractivity contribution is 7.90. The first kappa shape index (κ1) is 20.7. The van der Waals surface area contributed by atoms with E-state index >= 15 is 0 Å². The van der Waals surface area contributed by atoms with E-state index in [0.717, 1.165) is 12.0 Å². The zero-order chi connectivity index (χ0) is 20.7. The van der Waals surface area contributed by atoms with Crippen LogP contribution in [0.5, 0.6) is 0 Å². The lowest BCUT2D eigenvalue weighted by Gasteiger charge is -2.05. The molecule has 0 aliphatic rings. The first-order valence-electron chi connectivity index (χ1n) is 9.34. The minimum atomic E-state index is -3.54. The molecule has 1 heterocycles. The molecule has 1 N–H and O–H groups in total. The van der Waals surface area contributed by atoms with E-state index in [-0.39, 0.29) is 41.1 Å². The molecule has 7 nitrogen and oxygen atoms in total. The zero-order valence-electron chi connectivity index (χ0n) is 16.2. The van der Waals surface area contributed by atoms with Gasteiger partial charge in [-0.25, -0.2) is 8.42 Å². The summed E-state index contributed by atoms with van der Waals surface area (Å²) in [5, 5.41) is 6.57. The van der Waals surface area contributed by atoms with E-state index in [9.17, 15) is 13.2 Å². The molecule has 0 aliphatic carbocycles. The van der Waals surface area contributed by atoms with Crippen molar-refractivity contribution in [2.24, 2.45) is 0 Å². The first-order valence-corrected chi connectivity index (χ1v) is 11.0. The molecular formula is C21H23N3O4S. The van der Waals surface area contributed by atoms with Crippen molar-refractivity contribution in [3.05, 3.63) is 77.4 Å². The molecule has 0 aliphatic heterocycles. The highest BCUT2D eigenvalue weighted by atomic mass is 32.2. The van der Waals surface area contributed by atoms with Gasteiger partial charge in [-0.05, 0) is 31.0 Å². The molecule has 2 aromatic carbocycles. The lowest BCUT2D eigenvalue weighted by Crippen LogP contribution is -2.25. The minimum Gasteiger partial charge on any atom is -0.356 e. The van der Waals surface area contributed by atoms with Gasteiger partial charge in [0.2, 0.25) is 11.8 Å². The maximum atomic E-state index is 12.3. The van der Waals surface area contributed by atoms with Gasteiger partial charge in [-0.3, -0.25) is 4.79 Å². The fourth-order valence-electron chi connectivity index (χ4n) is 2.74. The van der Waals surface area contributed by atoms with Crippen molar-refractivity contribution >= 4 is 15.7 Å². The molecule has 3 rings (SSSR count). The highest BCUT2D eigenvalue weighted by Gasteiger charge is 2.19. The number of nitrogens with zero attached hydrogens (tertiary/aromatic N) is 2. The summed E-state index contributed by atoms with van der Waals surface area (Å²) in [6, 6.07) is 16.3. The van der Waals surface area contributed by atoms with Gasteiger partial charge in [0.25, 0.3) is 0 Å². The maximum absolute atomic E-state index is 12.3. The standard InChI is InChI=1S/C21H23N3O4S/c1-16-7-9-17(10-8-16)13-14-22-20(25)11-12-21-23-19(24-28-21)15-29(26,27)18-5-3-2-4-6-18/h2-10H,11-15H2,1H3,(H,22,25). The summed E-state index contributed by atoms with van der Waals surface area (Å²) in [6.45, 7) is 2.58. The average Bonchev–Trinajstić information content (AvgIpc) is 3.15. The van der Waals surface area contributed by atoms with Crippen molar-refractivity contribution in [1.82, 2.24) is 15.5 Å².